The Morgan fingerprint density at radius 1 is 0.561 bits per heavy atom. The maximum atomic E-state index is 13.2. The maximum absolute atomic E-state index is 13.2. The van der Waals surface area contributed by atoms with Crippen molar-refractivity contribution in [3.8, 4) is 23.0 Å². The average molecular weight is 767 g/mol. The number of aliphatic carboxylic acids is 1. The molecule has 57 heavy (non-hydrogen) atoms. The van der Waals surface area contributed by atoms with Crippen LogP contribution in [-0.4, -0.2) is 52.0 Å². The summed E-state index contributed by atoms with van der Waals surface area (Å²) < 4.78 is 21.7. The van der Waals surface area contributed by atoms with Gasteiger partial charge in [-0.15, -0.1) is 0 Å². The van der Waals surface area contributed by atoms with Gasteiger partial charge in [0, 0.05) is 48.1 Å². The van der Waals surface area contributed by atoms with Crippen molar-refractivity contribution in [2.75, 3.05) is 13.6 Å². The van der Waals surface area contributed by atoms with Gasteiger partial charge in [0.25, 0.3) is 0 Å². The molecule has 0 spiro atoms. The van der Waals surface area contributed by atoms with Crippen molar-refractivity contribution in [1.29, 1.82) is 0 Å². The SMILES string of the molecule is CCC(=O)Cc1cc2cc(CC(=O)C3(c4ccc5c(c4)OCO5)CC3)ccc2[nH]1.O=C(O)Cc1cc2cc(CC(=O)C3(c4ccc5c(c4)OCO5)CC3)ccc2[nH]1. The Bertz CT molecular complexity index is 2590. The van der Waals surface area contributed by atoms with Crippen LogP contribution in [0.4, 0.5) is 0 Å². The van der Waals surface area contributed by atoms with E-state index in [-0.39, 0.29) is 37.4 Å². The fourth-order valence-electron chi connectivity index (χ4n) is 8.20. The van der Waals surface area contributed by atoms with Crippen molar-refractivity contribution in [2.24, 2.45) is 0 Å². The van der Waals surface area contributed by atoms with Crippen molar-refractivity contribution in [3.63, 3.8) is 0 Å². The minimum Gasteiger partial charge on any atom is -0.481 e. The second kappa shape index (κ2) is 14.3. The molecular formula is C46H42N2O9. The van der Waals surface area contributed by atoms with Crippen LogP contribution in [0.5, 0.6) is 23.0 Å². The number of fused-ring (bicyclic) bond motifs is 4. The number of benzene rings is 4. The van der Waals surface area contributed by atoms with Gasteiger partial charge in [-0.1, -0.05) is 31.2 Å². The highest BCUT2D eigenvalue weighted by Crippen LogP contribution is 2.53. The first-order chi connectivity index (χ1) is 27.6. The van der Waals surface area contributed by atoms with Crippen molar-refractivity contribution in [1.82, 2.24) is 9.97 Å². The highest BCUT2D eigenvalue weighted by Gasteiger charge is 2.51. The summed E-state index contributed by atoms with van der Waals surface area (Å²) >= 11 is 0. The number of hydrogen-bond donors (Lipinski definition) is 3. The van der Waals surface area contributed by atoms with Crippen LogP contribution in [0.2, 0.25) is 0 Å². The molecule has 0 atom stereocenters. The molecule has 0 unspecified atom stereocenters. The number of rotatable bonds is 13. The first kappa shape index (κ1) is 36.3. The van der Waals surface area contributed by atoms with Crippen LogP contribution < -0.4 is 18.9 Å². The summed E-state index contributed by atoms with van der Waals surface area (Å²) in [5.74, 6) is 2.68. The third kappa shape index (κ3) is 7.14. The van der Waals surface area contributed by atoms with Crippen LogP contribution in [0.25, 0.3) is 21.8 Å². The summed E-state index contributed by atoms with van der Waals surface area (Å²) in [5, 5.41) is 10.9. The van der Waals surface area contributed by atoms with E-state index < -0.39 is 16.8 Å². The number of Topliss-reactive ketones (excluding diaryl/α,β-unsaturated/α-hetero) is 3. The molecular weight excluding hydrogens is 725 g/mol. The normalized spacial score (nSPS) is 16.2. The van der Waals surface area contributed by atoms with Crippen molar-refractivity contribution < 1.29 is 43.2 Å². The lowest BCUT2D eigenvalue weighted by atomic mass is 9.87. The standard InChI is InChI=1S/C24H23NO4.C22H19NO5/c1-2-19(26)13-18-11-16-9-15(3-5-20(16)25-18)10-23(27)24(7-8-24)17-4-6-21-22(12-17)29-14-28-21;24-20(22(5-6-22)15-2-4-18-19(10-15)28-12-27-18)8-13-1-3-17-14(7-13)9-16(23-17)11-21(25)26/h3-6,9,11-12,25H,2,7-8,10,13-14H2,1H3;1-4,7,9-10,23H,5-6,8,11-12H2,(H,25,26). The Balaban J connectivity index is 0.000000148. The molecule has 4 aliphatic rings. The maximum Gasteiger partial charge on any atom is 0.309 e. The Morgan fingerprint density at radius 3 is 1.46 bits per heavy atom. The van der Waals surface area contributed by atoms with Gasteiger partial charge in [0.1, 0.15) is 17.3 Å². The molecule has 11 nitrogen and oxygen atoms in total. The van der Waals surface area contributed by atoms with E-state index in [1.807, 2.05) is 85.8 Å². The van der Waals surface area contributed by atoms with Crippen molar-refractivity contribution in [3.05, 3.63) is 119 Å². The van der Waals surface area contributed by atoms with E-state index in [2.05, 4.69) is 16.0 Å². The molecule has 0 radical (unpaired) electrons. The molecule has 2 aliphatic heterocycles. The van der Waals surface area contributed by atoms with Crippen molar-refractivity contribution in [2.45, 2.75) is 75.5 Å². The molecule has 3 N–H and O–H groups in total. The number of carboxylic acids is 1. The minimum atomic E-state index is -0.874. The molecule has 10 rings (SSSR count). The number of ether oxygens (including phenoxy) is 4. The van der Waals surface area contributed by atoms with Gasteiger partial charge in [0.15, 0.2) is 23.0 Å². The van der Waals surface area contributed by atoms with Gasteiger partial charge in [0.2, 0.25) is 13.6 Å². The summed E-state index contributed by atoms with van der Waals surface area (Å²) in [4.78, 5) is 55.3. The van der Waals surface area contributed by atoms with Gasteiger partial charge in [-0.25, -0.2) is 0 Å². The Morgan fingerprint density at radius 2 is 1.02 bits per heavy atom. The Labute approximate surface area is 328 Å². The second-order valence-electron chi connectivity index (χ2n) is 15.6. The molecule has 2 aromatic heterocycles. The predicted octanol–water partition coefficient (Wildman–Crippen LogP) is 7.63. The van der Waals surface area contributed by atoms with Crippen LogP contribution in [-0.2, 0) is 55.7 Å². The number of aromatic amines is 2. The van der Waals surface area contributed by atoms with Crippen LogP contribution in [0.1, 0.15) is 72.7 Å². The Hall–Kier alpha value is -6.36. The van der Waals surface area contributed by atoms with E-state index in [4.69, 9.17) is 24.1 Å². The number of aromatic nitrogens is 2. The summed E-state index contributed by atoms with van der Waals surface area (Å²) in [6.45, 7) is 2.34. The lowest BCUT2D eigenvalue weighted by molar-refractivity contribution is -0.136. The molecule has 6 aromatic rings. The summed E-state index contributed by atoms with van der Waals surface area (Å²) in [5.41, 5.74) is 6.59. The summed E-state index contributed by atoms with van der Waals surface area (Å²) in [7, 11) is 0. The topological polar surface area (TPSA) is 157 Å². The van der Waals surface area contributed by atoms with E-state index >= 15 is 0 Å². The molecule has 0 amide bonds. The molecule has 2 aliphatic carbocycles. The van der Waals surface area contributed by atoms with Gasteiger partial charge in [-0.2, -0.15) is 0 Å². The monoisotopic (exact) mass is 766 g/mol. The number of carbonyl (C=O) groups excluding carboxylic acids is 3. The number of carbonyl (C=O) groups is 4. The van der Waals surface area contributed by atoms with Crippen LogP contribution >= 0.6 is 0 Å². The zero-order valence-corrected chi connectivity index (χ0v) is 31.6. The second-order valence-corrected chi connectivity index (χ2v) is 15.6. The van der Waals surface area contributed by atoms with Crippen LogP contribution in [0, 0.1) is 0 Å². The smallest absolute Gasteiger partial charge is 0.309 e. The zero-order chi connectivity index (χ0) is 39.3. The highest BCUT2D eigenvalue weighted by atomic mass is 16.7. The average Bonchev–Trinajstić information content (AvgIpc) is 3.94. The third-order valence-corrected chi connectivity index (χ3v) is 11.8. The fourth-order valence-corrected chi connectivity index (χ4v) is 8.20. The predicted molar refractivity (Wildman–Crippen MR) is 211 cm³/mol. The van der Waals surface area contributed by atoms with E-state index in [9.17, 15) is 19.2 Å². The number of hydrogen-bond acceptors (Lipinski definition) is 8. The van der Waals surface area contributed by atoms with Gasteiger partial charge >= 0.3 is 5.97 Å². The summed E-state index contributed by atoms with van der Waals surface area (Å²) in [6, 6.07) is 27.3. The fraction of sp³-hybridized carbons (Fsp3) is 0.304. The van der Waals surface area contributed by atoms with Crippen molar-refractivity contribution >= 4 is 45.1 Å². The highest BCUT2D eigenvalue weighted by molar-refractivity contribution is 5.96. The molecule has 290 valence electrons. The minimum absolute atomic E-state index is 0.0455. The van der Waals surface area contributed by atoms with E-state index in [0.29, 0.717) is 37.1 Å². The molecule has 4 heterocycles. The first-order valence-corrected chi connectivity index (χ1v) is 19.4. The number of carboxylic acid groups (broad SMARTS) is 1. The zero-order valence-electron chi connectivity index (χ0n) is 31.6. The van der Waals surface area contributed by atoms with Crippen LogP contribution in [0.3, 0.4) is 0 Å². The molecule has 11 heteroatoms. The molecule has 2 saturated carbocycles. The quantitative estimate of drug-likeness (QED) is 0.108. The largest absolute Gasteiger partial charge is 0.481 e. The number of ketones is 3. The van der Waals surface area contributed by atoms with E-state index in [1.54, 1.807) is 0 Å². The van der Waals surface area contributed by atoms with Gasteiger partial charge in [-0.3, -0.25) is 19.2 Å². The number of H-pyrrole nitrogens is 2. The van der Waals surface area contributed by atoms with E-state index in [0.717, 1.165) is 92.7 Å². The van der Waals surface area contributed by atoms with E-state index in [1.165, 1.54) is 0 Å². The lowest BCUT2D eigenvalue weighted by Gasteiger charge is -2.15. The molecule has 4 aromatic carbocycles. The first-order valence-electron chi connectivity index (χ1n) is 19.4. The molecule has 0 bridgehead atoms. The molecule has 2 fully saturated rings. The number of nitrogens with one attached hydrogen (secondary N) is 2. The van der Waals surface area contributed by atoms with Gasteiger partial charge in [0.05, 0.1) is 17.3 Å². The third-order valence-electron chi connectivity index (χ3n) is 11.8. The van der Waals surface area contributed by atoms with Gasteiger partial charge < -0.3 is 34.0 Å². The Kier molecular flexibility index (Phi) is 9.10. The van der Waals surface area contributed by atoms with Gasteiger partial charge in [-0.05, 0) is 119 Å². The molecule has 0 saturated heterocycles. The lowest BCUT2D eigenvalue weighted by Crippen LogP contribution is -2.22. The summed E-state index contributed by atoms with van der Waals surface area (Å²) in [6.07, 6.45) is 5.12. The van der Waals surface area contributed by atoms with Crippen LogP contribution in [0.15, 0.2) is 84.9 Å².